The predicted octanol–water partition coefficient (Wildman–Crippen LogP) is 3.63. The van der Waals surface area contributed by atoms with Gasteiger partial charge in [0.15, 0.2) is 0 Å². The van der Waals surface area contributed by atoms with Gasteiger partial charge in [0, 0.05) is 55.3 Å². The van der Waals surface area contributed by atoms with Crippen molar-refractivity contribution in [1.82, 2.24) is 9.80 Å². The fraction of sp³-hybridized carbons (Fsp3) is 0.350. The third-order valence-electron chi connectivity index (χ3n) is 4.34. The SMILES string of the molecule is COCCN1CCN(C(=O)Nc2cccc(Sc3ccccc3)c2)CC1. The van der Waals surface area contributed by atoms with Gasteiger partial charge in [-0.3, -0.25) is 4.90 Å². The van der Waals surface area contributed by atoms with Gasteiger partial charge >= 0.3 is 6.03 Å². The van der Waals surface area contributed by atoms with E-state index in [1.54, 1.807) is 18.9 Å². The van der Waals surface area contributed by atoms with Crippen LogP contribution in [0.3, 0.4) is 0 Å². The molecular formula is C20H25N3O2S. The molecule has 0 aromatic heterocycles. The molecule has 0 aliphatic carbocycles. The van der Waals surface area contributed by atoms with E-state index in [1.807, 2.05) is 41.3 Å². The number of carbonyl (C=O) groups excluding carboxylic acids is 1. The van der Waals surface area contributed by atoms with Crippen LogP contribution in [0.25, 0.3) is 0 Å². The lowest BCUT2D eigenvalue weighted by atomic mass is 10.3. The lowest BCUT2D eigenvalue weighted by molar-refractivity contribution is 0.109. The number of amides is 2. The van der Waals surface area contributed by atoms with E-state index in [1.165, 1.54) is 4.90 Å². The Morgan fingerprint density at radius 2 is 1.77 bits per heavy atom. The van der Waals surface area contributed by atoms with Crippen molar-refractivity contribution in [1.29, 1.82) is 0 Å². The Hall–Kier alpha value is -2.02. The summed E-state index contributed by atoms with van der Waals surface area (Å²) in [7, 11) is 1.72. The second-order valence-corrected chi connectivity index (χ2v) is 7.34. The first-order valence-corrected chi connectivity index (χ1v) is 9.66. The van der Waals surface area contributed by atoms with Crippen LogP contribution >= 0.6 is 11.8 Å². The zero-order valence-electron chi connectivity index (χ0n) is 15.1. The van der Waals surface area contributed by atoms with E-state index < -0.39 is 0 Å². The molecule has 0 bridgehead atoms. The van der Waals surface area contributed by atoms with Gasteiger partial charge < -0.3 is 15.0 Å². The standard InChI is InChI=1S/C20H25N3O2S/c1-25-15-14-22-10-12-23(13-11-22)20(24)21-17-6-5-9-19(16-17)26-18-7-3-2-4-8-18/h2-9,16H,10-15H2,1H3,(H,21,24). The topological polar surface area (TPSA) is 44.8 Å². The van der Waals surface area contributed by atoms with Crippen LogP contribution in [0, 0.1) is 0 Å². The largest absolute Gasteiger partial charge is 0.383 e. The van der Waals surface area contributed by atoms with Gasteiger partial charge in [-0.1, -0.05) is 36.0 Å². The Balaban J connectivity index is 1.52. The van der Waals surface area contributed by atoms with E-state index in [4.69, 9.17) is 4.74 Å². The second-order valence-electron chi connectivity index (χ2n) is 6.19. The summed E-state index contributed by atoms with van der Waals surface area (Å²) in [4.78, 5) is 19.0. The van der Waals surface area contributed by atoms with Crippen LogP contribution in [0.5, 0.6) is 0 Å². The van der Waals surface area contributed by atoms with Gasteiger partial charge in [-0.05, 0) is 30.3 Å². The number of hydrogen-bond donors (Lipinski definition) is 1. The third kappa shape index (κ3) is 5.49. The molecule has 1 heterocycles. The van der Waals surface area contributed by atoms with Crippen molar-refractivity contribution in [2.24, 2.45) is 0 Å². The van der Waals surface area contributed by atoms with Crippen molar-refractivity contribution in [3.8, 4) is 0 Å². The summed E-state index contributed by atoms with van der Waals surface area (Å²) in [6.07, 6.45) is 0. The van der Waals surface area contributed by atoms with E-state index in [2.05, 4.69) is 28.4 Å². The number of nitrogens with one attached hydrogen (secondary N) is 1. The van der Waals surface area contributed by atoms with Crippen molar-refractivity contribution < 1.29 is 9.53 Å². The molecule has 6 heteroatoms. The molecule has 26 heavy (non-hydrogen) atoms. The van der Waals surface area contributed by atoms with Crippen molar-refractivity contribution in [2.75, 3.05) is 51.8 Å². The Morgan fingerprint density at radius 3 is 2.50 bits per heavy atom. The van der Waals surface area contributed by atoms with Gasteiger partial charge in [-0.25, -0.2) is 4.79 Å². The Morgan fingerprint density at radius 1 is 1.04 bits per heavy atom. The second kappa shape index (κ2) is 9.62. The number of anilines is 1. The Labute approximate surface area is 159 Å². The maximum Gasteiger partial charge on any atom is 0.321 e. The van der Waals surface area contributed by atoms with E-state index in [0.29, 0.717) is 0 Å². The summed E-state index contributed by atoms with van der Waals surface area (Å²) in [6.45, 7) is 4.92. The van der Waals surface area contributed by atoms with Gasteiger partial charge in [0.1, 0.15) is 0 Å². The average Bonchev–Trinajstić information content (AvgIpc) is 2.68. The molecule has 1 aliphatic heterocycles. The highest BCUT2D eigenvalue weighted by Gasteiger charge is 2.20. The zero-order chi connectivity index (χ0) is 18.2. The number of ether oxygens (including phenoxy) is 1. The van der Waals surface area contributed by atoms with Crippen LogP contribution in [0.1, 0.15) is 0 Å². The minimum atomic E-state index is -0.0294. The minimum Gasteiger partial charge on any atom is -0.383 e. The maximum absolute atomic E-state index is 12.5. The van der Waals surface area contributed by atoms with Crippen LogP contribution in [0.15, 0.2) is 64.4 Å². The van der Waals surface area contributed by atoms with Crippen LogP contribution in [0.4, 0.5) is 10.5 Å². The van der Waals surface area contributed by atoms with Gasteiger partial charge in [-0.2, -0.15) is 0 Å². The normalized spacial score (nSPS) is 15.0. The quantitative estimate of drug-likeness (QED) is 0.842. The first-order valence-electron chi connectivity index (χ1n) is 8.85. The van der Waals surface area contributed by atoms with E-state index in [-0.39, 0.29) is 6.03 Å². The number of piperazine rings is 1. The molecule has 3 rings (SSSR count). The molecule has 0 atom stereocenters. The molecular weight excluding hydrogens is 346 g/mol. The van der Waals surface area contributed by atoms with Gasteiger partial charge in [0.2, 0.25) is 0 Å². The maximum atomic E-state index is 12.5. The van der Waals surface area contributed by atoms with Gasteiger partial charge in [0.05, 0.1) is 6.61 Å². The van der Waals surface area contributed by atoms with Crippen LogP contribution in [0.2, 0.25) is 0 Å². The smallest absolute Gasteiger partial charge is 0.321 e. The van der Waals surface area contributed by atoms with E-state index in [9.17, 15) is 4.79 Å². The molecule has 1 fully saturated rings. The summed E-state index contributed by atoms with van der Waals surface area (Å²) in [5.74, 6) is 0. The molecule has 0 saturated carbocycles. The molecule has 2 aromatic carbocycles. The molecule has 1 saturated heterocycles. The predicted molar refractivity (Wildman–Crippen MR) is 106 cm³/mol. The number of methoxy groups -OCH3 is 1. The van der Waals surface area contributed by atoms with Crippen LogP contribution in [-0.4, -0.2) is 62.3 Å². The highest BCUT2D eigenvalue weighted by atomic mass is 32.2. The highest BCUT2D eigenvalue weighted by molar-refractivity contribution is 7.99. The molecule has 1 aliphatic rings. The lowest BCUT2D eigenvalue weighted by Gasteiger charge is -2.34. The number of urea groups is 1. The summed E-state index contributed by atoms with van der Waals surface area (Å²) in [5, 5.41) is 3.03. The molecule has 1 N–H and O–H groups in total. The summed E-state index contributed by atoms with van der Waals surface area (Å²) >= 11 is 1.69. The van der Waals surface area contributed by atoms with Crippen LogP contribution < -0.4 is 5.32 Å². The molecule has 5 nitrogen and oxygen atoms in total. The minimum absolute atomic E-state index is 0.0294. The van der Waals surface area contributed by atoms with Crippen molar-refractivity contribution >= 4 is 23.5 Å². The fourth-order valence-corrected chi connectivity index (χ4v) is 3.76. The first-order chi connectivity index (χ1) is 12.7. The number of nitrogens with zero attached hydrogens (tertiary/aromatic N) is 2. The Bertz CT molecular complexity index is 703. The fourth-order valence-electron chi connectivity index (χ4n) is 2.86. The van der Waals surface area contributed by atoms with Crippen molar-refractivity contribution in [2.45, 2.75) is 9.79 Å². The summed E-state index contributed by atoms with van der Waals surface area (Å²) < 4.78 is 5.12. The first kappa shape index (κ1) is 18.8. The number of carbonyl (C=O) groups is 1. The van der Waals surface area contributed by atoms with Gasteiger partial charge in [0.25, 0.3) is 0 Å². The molecule has 138 valence electrons. The zero-order valence-corrected chi connectivity index (χ0v) is 15.9. The molecule has 0 spiro atoms. The van der Waals surface area contributed by atoms with Gasteiger partial charge in [-0.15, -0.1) is 0 Å². The van der Waals surface area contributed by atoms with Crippen molar-refractivity contribution in [3.63, 3.8) is 0 Å². The molecule has 2 amide bonds. The number of benzene rings is 2. The summed E-state index contributed by atoms with van der Waals surface area (Å²) in [5.41, 5.74) is 0.831. The molecule has 0 radical (unpaired) electrons. The van der Waals surface area contributed by atoms with Crippen LogP contribution in [-0.2, 0) is 4.74 Å². The molecule has 2 aromatic rings. The van der Waals surface area contributed by atoms with E-state index >= 15 is 0 Å². The van der Waals surface area contributed by atoms with Crippen molar-refractivity contribution in [3.05, 3.63) is 54.6 Å². The average molecular weight is 372 g/mol. The molecule has 0 unspecified atom stereocenters. The number of rotatable bonds is 6. The Kier molecular flexibility index (Phi) is 6.94. The monoisotopic (exact) mass is 371 g/mol. The third-order valence-corrected chi connectivity index (χ3v) is 5.33. The number of hydrogen-bond acceptors (Lipinski definition) is 4. The summed E-state index contributed by atoms with van der Waals surface area (Å²) in [6, 6.07) is 18.2. The lowest BCUT2D eigenvalue weighted by Crippen LogP contribution is -2.50. The van der Waals surface area contributed by atoms with E-state index in [0.717, 1.165) is 49.9 Å². The highest BCUT2D eigenvalue weighted by Crippen LogP contribution is 2.29.